The lowest BCUT2D eigenvalue weighted by Gasteiger charge is -2.05. The number of nitrogens with one attached hydrogen (secondary N) is 1. The van der Waals surface area contributed by atoms with Crippen molar-refractivity contribution in [3.63, 3.8) is 0 Å². The maximum absolute atomic E-state index is 11.3. The number of aryl methyl sites for hydroxylation is 1. The zero-order chi connectivity index (χ0) is 12.7. The molecule has 0 saturated carbocycles. The second kappa shape index (κ2) is 7.06. The zero-order valence-corrected chi connectivity index (χ0v) is 11.1. The Morgan fingerprint density at radius 1 is 1.29 bits per heavy atom. The maximum atomic E-state index is 11.3. The molecule has 0 aliphatic rings. The molecule has 1 rings (SSSR count). The second-order valence-electron chi connectivity index (χ2n) is 3.37. The van der Waals surface area contributed by atoms with Crippen molar-refractivity contribution >= 4 is 27.9 Å². The molecule has 0 heterocycles. The Morgan fingerprint density at radius 3 is 2.47 bits per heavy atom. The molecule has 1 N–H and O–H groups in total. The van der Waals surface area contributed by atoms with Crippen LogP contribution in [0.4, 0.5) is 4.79 Å². The number of hydrogen-bond acceptors (Lipinski definition) is 3. The Bertz CT molecular complexity index is 389. The van der Waals surface area contributed by atoms with Gasteiger partial charge in [-0.05, 0) is 24.1 Å². The standard InChI is InChI=1S/C12H14BrNO3/c1-2-9-3-5-10(6-4-9)17-12(16)14-11(15)7-8-13/h3-6H,2,7-8H2,1H3,(H,14,15,16). The molecule has 5 heteroatoms. The van der Waals surface area contributed by atoms with E-state index in [1.165, 1.54) is 0 Å². The fourth-order valence-corrected chi connectivity index (χ4v) is 1.55. The highest BCUT2D eigenvalue weighted by atomic mass is 79.9. The number of rotatable bonds is 4. The summed E-state index contributed by atoms with van der Waals surface area (Å²) in [5.41, 5.74) is 1.16. The topological polar surface area (TPSA) is 55.4 Å². The Hall–Kier alpha value is -1.36. The number of benzene rings is 1. The van der Waals surface area contributed by atoms with Crippen molar-refractivity contribution < 1.29 is 14.3 Å². The van der Waals surface area contributed by atoms with E-state index in [1.54, 1.807) is 12.1 Å². The summed E-state index contributed by atoms with van der Waals surface area (Å²) >= 11 is 3.11. The Kier molecular flexibility index (Phi) is 5.69. The van der Waals surface area contributed by atoms with Gasteiger partial charge in [0.2, 0.25) is 5.91 Å². The highest BCUT2D eigenvalue weighted by molar-refractivity contribution is 9.09. The molecule has 0 saturated heterocycles. The first-order valence-electron chi connectivity index (χ1n) is 5.32. The molecule has 0 aromatic heterocycles. The lowest BCUT2D eigenvalue weighted by Crippen LogP contribution is -2.32. The highest BCUT2D eigenvalue weighted by Crippen LogP contribution is 2.12. The predicted molar refractivity (Wildman–Crippen MR) is 68.4 cm³/mol. The molecule has 0 bridgehead atoms. The van der Waals surface area contributed by atoms with E-state index in [0.29, 0.717) is 11.1 Å². The average Bonchev–Trinajstić information content (AvgIpc) is 2.30. The van der Waals surface area contributed by atoms with E-state index >= 15 is 0 Å². The highest BCUT2D eigenvalue weighted by Gasteiger charge is 2.08. The van der Waals surface area contributed by atoms with Gasteiger partial charge >= 0.3 is 6.09 Å². The maximum Gasteiger partial charge on any atom is 0.419 e. The molecule has 92 valence electrons. The van der Waals surface area contributed by atoms with Crippen molar-refractivity contribution in [2.45, 2.75) is 19.8 Å². The molecule has 4 nitrogen and oxygen atoms in total. The van der Waals surface area contributed by atoms with Gasteiger partial charge in [-0.1, -0.05) is 35.0 Å². The smallest absolute Gasteiger partial charge is 0.410 e. The van der Waals surface area contributed by atoms with Crippen molar-refractivity contribution in [1.29, 1.82) is 0 Å². The van der Waals surface area contributed by atoms with Gasteiger partial charge in [0.15, 0.2) is 0 Å². The number of halogens is 1. The van der Waals surface area contributed by atoms with Crippen LogP contribution >= 0.6 is 15.9 Å². The fraction of sp³-hybridized carbons (Fsp3) is 0.333. The van der Waals surface area contributed by atoms with Gasteiger partial charge in [-0.25, -0.2) is 4.79 Å². The molecule has 17 heavy (non-hydrogen) atoms. The summed E-state index contributed by atoms with van der Waals surface area (Å²) in [6, 6.07) is 7.16. The van der Waals surface area contributed by atoms with Crippen LogP contribution in [0.3, 0.4) is 0 Å². The Morgan fingerprint density at radius 2 is 1.94 bits per heavy atom. The summed E-state index contributed by atoms with van der Waals surface area (Å²) in [4.78, 5) is 22.4. The molecule has 0 radical (unpaired) electrons. The van der Waals surface area contributed by atoms with Crippen LogP contribution in [0.1, 0.15) is 18.9 Å². The summed E-state index contributed by atoms with van der Waals surface area (Å²) < 4.78 is 4.94. The third-order valence-electron chi connectivity index (χ3n) is 2.11. The molecule has 1 aromatic rings. The minimum absolute atomic E-state index is 0.240. The number of carbonyl (C=O) groups excluding carboxylic acids is 2. The summed E-state index contributed by atoms with van der Waals surface area (Å²) in [6.07, 6.45) is 0.417. The summed E-state index contributed by atoms with van der Waals surface area (Å²) in [5, 5.41) is 2.64. The third kappa shape index (κ3) is 4.99. The number of imide groups is 1. The lowest BCUT2D eigenvalue weighted by molar-refractivity contribution is -0.119. The third-order valence-corrected chi connectivity index (χ3v) is 2.50. The van der Waals surface area contributed by atoms with E-state index < -0.39 is 6.09 Å². The van der Waals surface area contributed by atoms with Crippen molar-refractivity contribution in [2.75, 3.05) is 5.33 Å². The van der Waals surface area contributed by atoms with Crippen molar-refractivity contribution in [3.05, 3.63) is 29.8 Å². The molecule has 2 amide bonds. The first-order chi connectivity index (χ1) is 8.15. The quantitative estimate of drug-likeness (QED) is 0.870. The number of alkyl halides is 1. The van der Waals surface area contributed by atoms with Crippen LogP contribution in [-0.2, 0) is 11.2 Å². The van der Waals surface area contributed by atoms with Crippen LogP contribution in [0.15, 0.2) is 24.3 Å². The number of ether oxygens (including phenoxy) is 1. The Balaban J connectivity index is 2.47. The molecule has 0 spiro atoms. The van der Waals surface area contributed by atoms with Crippen LogP contribution in [0.5, 0.6) is 5.75 Å². The number of amides is 2. The molecule has 0 fully saturated rings. The summed E-state index contributed by atoms with van der Waals surface area (Å²) in [6.45, 7) is 2.04. The van der Waals surface area contributed by atoms with Crippen LogP contribution in [0.2, 0.25) is 0 Å². The monoisotopic (exact) mass is 299 g/mol. The first kappa shape index (κ1) is 13.7. The minimum Gasteiger partial charge on any atom is -0.410 e. The molecule has 1 aromatic carbocycles. The van der Waals surface area contributed by atoms with Gasteiger partial charge in [0.1, 0.15) is 5.75 Å². The van der Waals surface area contributed by atoms with E-state index in [4.69, 9.17) is 4.74 Å². The predicted octanol–water partition coefficient (Wildman–Crippen LogP) is 2.65. The van der Waals surface area contributed by atoms with Gasteiger partial charge in [-0.15, -0.1) is 0 Å². The van der Waals surface area contributed by atoms with Crippen LogP contribution < -0.4 is 10.1 Å². The van der Waals surface area contributed by atoms with Crippen molar-refractivity contribution in [1.82, 2.24) is 5.32 Å². The van der Waals surface area contributed by atoms with E-state index in [0.717, 1.165) is 12.0 Å². The SMILES string of the molecule is CCc1ccc(OC(=O)NC(=O)CCBr)cc1. The molecular weight excluding hydrogens is 286 g/mol. The van der Waals surface area contributed by atoms with Crippen LogP contribution in [0, 0.1) is 0 Å². The first-order valence-corrected chi connectivity index (χ1v) is 6.44. The van der Waals surface area contributed by atoms with Crippen LogP contribution in [-0.4, -0.2) is 17.3 Å². The fourth-order valence-electron chi connectivity index (χ4n) is 1.19. The van der Waals surface area contributed by atoms with Gasteiger partial charge in [0.25, 0.3) is 0 Å². The van der Waals surface area contributed by atoms with E-state index in [1.807, 2.05) is 19.1 Å². The van der Waals surface area contributed by atoms with Gasteiger partial charge in [0, 0.05) is 11.8 Å². The van der Waals surface area contributed by atoms with Gasteiger partial charge < -0.3 is 4.74 Å². The molecule has 0 unspecified atom stereocenters. The van der Waals surface area contributed by atoms with E-state index in [-0.39, 0.29) is 12.3 Å². The minimum atomic E-state index is -0.750. The summed E-state index contributed by atoms with van der Waals surface area (Å²) in [7, 11) is 0. The van der Waals surface area contributed by atoms with E-state index in [9.17, 15) is 9.59 Å². The zero-order valence-electron chi connectivity index (χ0n) is 9.53. The van der Waals surface area contributed by atoms with Crippen LogP contribution in [0.25, 0.3) is 0 Å². The van der Waals surface area contributed by atoms with E-state index in [2.05, 4.69) is 21.2 Å². The normalized spacial score (nSPS) is 9.76. The van der Waals surface area contributed by atoms with Gasteiger partial charge in [-0.2, -0.15) is 0 Å². The molecule has 0 atom stereocenters. The van der Waals surface area contributed by atoms with Gasteiger partial charge in [0.05, 0.1) is 0 Å². The number of carbonyl (C=O) groups is 2. The van der Waals surface area contributed by atoms with Gasteiger partial charge in [-0.3, -0.25) is 10.1 Å². The Labute approximate surface area is 108 Å². The lowest BCUT2D eigenvalue weighted by atomic mass is 10.2. The largest absolute Gasteiger partial charge is 0.419 e. The number of hydrogen-bond donors (Lipinski definition) is 1. The molecule has 0 aliphatic heterocycles. The van der Waals surface area contributed by atoms with Crippen molar-refractivity contribution in [3.8, 4) is 5.75 Å². The average molecular weight is 300 g/mol. The summed E-state index contributed by atoms with van der Waals surface area (Å²) in [5.74, 6) is 0.0587. The molecular formula is C12H14BrNO3. The second-order valence-corrected chi connectivity index (χ2v) is 4.17. The van der Waals surface area contributed by atoms with Crippen molar-refractivity contribution in [2.24, 2.45) is 0 Å². The molecule has 0 aliphatic carbocycles.